The minimum absolute atomic E-state index is 0.0346. The van der Waals surface area contributed by atoms with Crippen molar-refractivity contribution in [3.05, 3.63) is 53.9 Å². The van der Waals surface area contributed by atoms with Crippen LogP contribution in [0, 0.1) is 0 Å². The Kier molecular flexibility index (Phi) is 5.93. The average Bonchev–Trinajstić information content (AvgIpc) is 2.97. The molecule has 3 heterocycles. The number of carbonyl (C=O) groups is 1. The summed E-state index contributed by atoms with van der Waals surface area (Å²) in [6.45, 7) is 4.20. The van der Waals surface area contributed by atoms with E-state index in [2.05, 4.69) is 29.0 Å². The number of amides is 1. The van der Waals surface area contributed by atoms with Gasteiger partial charge in [0.1, 0.15) is 0 Å². The number of rotatable bonds is 4. The van der Waals surface area contributed by atoms with Crippen molar-refractivity contribution in [1.82, 2.24) is 14.7 Å². The van der Waals surface area contributed by atoms with E-state index < -0.39 is 0 Å². The maximum absolute atomic E-state index is 12.9. The van der Waals surface area contributed by atoms with Crippen LogP contribution in [-0.4, -0.2) is 73.8 Å². The molecule has 1 aromatic rings. The van der Waals surface area contributed by atoms with E-state index in [0.29, 0.717) is 20.1 Å². The topological polar surface area (TPSA) is 45.2 Å². The summed E-state index contributed by atoms with van der Waals surface area (Å²) in [4.78, 5) is 19.6. The second-order valence-electron chi connectivity index (χ2n) is 7.52. The number of hydrogen-bond acceptors (Lipinski definition) is 5. The van der Waals surface area contributed by atoms with Crippen molar-refractivity contribution in [2.45, 2.75) is 12.2 Å². The molecular weight excluding hydrogens is 385 g/mol. The number of hydrogen-bond donors (Lipinski definition) is 0. The predicted molar refractivity (Wildman–Crippen MR) is 117 cm³/mol. The van der Waals surface area contributed by atoms with Gasteiger partial charge in [-0.05, 0) is 49.1 Å². The van der Waals surface area contributed by atoms with E-state index in [0.717, 1.165) is 49.2 Å². The fourth-order valence-corrected chi connectivity index (χ4v) is 5.31. The third-order valence-electron chi connectivity index (χ3n) is 5.63. The van der Waals surface area contributed by atoms with E-state index in [1.54, 1.807) is 20.3 Å². The van der Waals surface area contributed by atoms with Crippen LogP contribution in [0.4, 0.5) is 0 Å². The minimum Gasteiger partial charge on any atom is -0.493 e. The first-order valence-electron chi connectivity index (χ1n) is 9.95. The zero-order valence-electron chi connectivity index (χ0n) is 17.2. The van der Waals surface area contributed by atoms with Gasteiger partial charge >= 0.3 is 0 Å². The number of ether oxygens (including phenoxy) is 2. The number of methoxy groups -OCH3 is 2. The van der Waals surface area contributed by atoms with Crippen LogP contribution in [-0.2, 0) is 4.79 Å². The first-order valence-corrected chi connectivity index (χ1v) is 11.0. The lowest BCUT2D eigenvalue weighted by molar-refractivity contribution is -0.123. The number of nitrogens with zero attached hydrogens (tertiary/aromatic N) is 3. The summed E-state index contributed by atoms with van der Waals surface area (Å²) >= 11 is 0. The smallest absolute Gasteiger partial charge is 0.252 e. The van der Waals surface area contributed by atoms with Crippen LogP contribution in [0.1, 0.15) is 12.0 Å². The molecule has 0 saturated carbocycles. The molecule has 0 bridgehead atoms. The number of benzene rings is 1. The molecular formula is C22H28N3O3P. The van der Waals surface area contributed by atoms with Crippen LogP contribution in [0.15, 0.2) is 48.3 Å². The lowest BCUT2D eigenvalue weighted by atomic mass is 10.1. The van der Waals surface area contributed by atoms with Crippen molar-refractivity contribution in [3.63, 3.8) is 0 Å². The van der Waals surface area contributed by atoms with Gasteiger partial charge in [-0.1, -0.05) is 20.7 Å². The Bertz CT molecular complexity index is 880. The predicted octanol–water partition coefficient (Wildman–Crippen LogP) is 2.94. The molecule has 4 rings (SSSR count). The number of allylic oxidation sites excluding steroid dienone is 1. The molecule has 29 heavy (non-hydrogen) atoms. The van der Waals surface area contributed by atoms with E-state index in [9.17, 15) is 4.79 Å². The maximum atomic E-state index is 12.9. The normalized spacial score (nSPS) is 23.4. The monoisotopic (exact) mass is 413 g/mol. The highest BCUT2D eigenvalue weighted by molar-refractivity contribution is 7.51. The third kappa shape index (κ3) is 4.19. The number of fused-ring (bicyclic) bond motifs is 1. The molecule has 1 aromatic carbocycles. The molecule has 0 N–H and O–H groups in total. The fraction of sp³-hybridized carbons (Fsp3) is 0.409. The highest BCUT2D eigenvalue weighted by atomic mass is 31.1. The molecule has 3 aliphatic rings. The minimum atomic E-state index is 0.0346. The van der Waals surface area contributed by atoms with Crippen LogP contribution in [0.5, 0.6) is 11.5 Å². The Hall–Kier alpha value is -2.30. The van der Waals surface area contributed by atoms with Gasteiger partial charge in [0.05, 0.1) is 25.7 Å². The first-order chi connectivity index (χ1) is 14.1. The molecule has 1 fully saturated rings. The molecule has 0 radical (unpaired) electrons. The summed E-state index contributed by atoms with van der Waals surface area (Å²) in [6, 6.07) is 5.83. The zero-order valence-corrected chi connectivity index (χ0v) is 18.2. The Balaban J connectivity index is 1.55. The number of likely N-dealkylation sites (N-methyl/N-ethyl adjacent to an activating group) is 1. The Morgan fingerprint density at radius 2 is 1.90 bits per heavy atom. The van der Waals surface area contributed by atoms with Crippen LogP contribution < -0.4 is 9.47 Å². The molecule has 2 atom stereocenters. The zero-order chi connectivity index (χ0) is 20.4. The SMILES string of the molecule is COc1ccc(C2=CC(=O)N3C=C(N4CCCN(C)CC4)C=CC3P2)cc1OC. The van der Waals surface area contributed by atoms with Gasteiger partial charge in [-0.3, -0.25) is 4.79 Å². The fourth-order valence-electron chi connectivity index (χ4n) is 3.93. The second kappa shape index (κ2) is 8.60. The molecule has 1 saturated heterocycles. The van der Waals surface area contributed by atoms with Crippen molar-refractivity contribution in [1.29, 1.82) is 0 Å². The molecule has 7 heteroatoms. The quantitative estimate of drug-likeness (QED) is 0.711. The molecule has 0 spiro atoms. The average molecular weight is 413 g/mol. The van der Waals surface area contributed by atoms with Crippen LogP contribution >= 0.6 is 8.58 Å². The summed E-state index contributed by atoms with van der Waals surface area (Å²) in [5.41, 5.74) is 2.14. The Morgan fingerprint density at radius 1 is 1.07 bits per heavy atom. The van der Waals surface area contributed by atoms with Crippen molar-refractivity contribution in [3.8, 4) is 11.5 Å². The van der Waals surface area contributed by atoms with Crippen molar-refractivity contribution in [2.75, 3.05) is 47.4 Å². The summed E-state index contributed by atoms with van der Waals surface area (Å²) in [7, 11) is 5.91. The van der Waals surface area contributed by atoms with Crippen molar-refractivity contribution in [2.24, 2.45) is 0 Å². The Morgan fingerprint density at radius 3 is 2.69 bits per heavy atom. The summed E-state index contributed by atoms with van der Waals surface area (Å²) in [6.07, 6.45) is 9.30. The highest BCUT2D eigenvalue weighted by Crippen LogP contribution is 2.46. The van der Waals surface area contributed by atoms with Crippen LogP contribution in [0.2, 0.25) is 0 Å². The molecule has 3 aliphatic heterocycles. The van der Waals surface area contributed by atoms with E-state index >= 15 is 0 Å². The summed E-state index contributed by atoms with van der Waals surface area (Å²) in [5.74, 6) is 1.48. The van der Waals surface area contributed by atoms with Gasteiger partial charge in [0.2, 0.25) is 0 Å². The van der Waals surface area contributed by atoms with E-state index in [-0.39, 0.29) is 11.7 Å². The van der Waals surface area contributed by atoms with E-state index in [1.165, 1.54) is 0 Å². The van der Waals surface area contributed by atoms with Crippen molar-refractivity contribution < 1.29 is 14.3 Å². The van der Waals surface area contributed by atoms with E-state index in [1.807, 2.05) is 29.3 Å². The van der Waals surface area contributed by atoms with Gasteiger partial charge in [-0.15, -0.1) is 0 Å². The van der Waals surface area contributed by atoms with Crippen LogP contribution in [0.25, 0.3) is 5.31 Å². The molecule has 2 unspecified atom stereocenters. The second-order valence-corrected chi connectivity index (χ2v) is 8.94. The van der Waals surface area contributed by atoms with Gasteiger partial charge < -0.3 is 24.2 Å². The molecule has 0 aliphatic carbocycles. The summed E-state index contributed by atoms with van der Waals surface area (Å²) in [5, 5.41) is 1.05. The molecule has 6 nitrogen and oxygen atoms in total. The molecule has 1 amide bonds. The maximum Gasteiger partial charge on any atom is 0.252 e. The van der Waals surface area contributed by atoms with Gasteiger partial charge in [-0.25, -0.2) is 0 Å². The van der Waals surface area contributed by atoms with Gasteiger partial charge in [0.25, 0.3) is 5.91 Å². The van der Waals surface area contributed by atoms with Crippen molar-refractivity contribution >= 4 is 19.8 Å². The highest BCUT2D eigenvalue weighted by Gasteiger charge is 2.30. The van der Waals surface area contributed by atoms with E-state index in [4.69, 9.17) is 9.47 Å². The van der Waals surface area contributed by atoms with Gasteiger partial charge in [0.15, 0.2) is 11.5 Å². The van der Waals surface area contributed by atoms with Gasteiger partial charge in [-0.2, -0.15) is 0 Å². The summed E-state index contributed by atoms with van der Waals surface area (Å²) < 4.78 is 10.7. The first kappa shape index (κ1) is 20.0. The Labute approximate surface area is 174 Å². The lowest BCUT2D eigenvalue weighted by Crippen LogP contribution is -2.38. The standard InChI is InChI=1S/C22H28N3O3P/c1-23-9-4-10-24(12-11-23)17-6-8-22-25(15-17)21(26)14-20(29-22)16-5-7-18(27-2)19(13-16)28-3/h5-8,13-15,22,29H,4,9-12H2,1-3H3. The van der Waals surface area contributed by atoms with Gasteiger partial charge in [0, 0.05) is 31.9 Å². The largest absolute Gasteiger partial charge is 0.493 e. The molecule has 154 valence electrons. The molecule has 0 aromatic heterocycles. The number of carbonyl (C=O) groups excluding carboxylic acids is 1. The van der Waals surface area contributed by atoms with Crippen LogP contribution in [0.3, 0.4) is 0 Å². The third-order valence-corrected chi connectivity index (χ3v) is 7.14. The lowest BCUT2D eigenvalue weighted by Gasteiger charge is -2.36.